The van der Waals surface area contributed by atoms with Gasteiger partial charge in [-0.2, -0.15) is 0 Å². The number of carbonyl (C=O) groups is 4. The van der Waals surface area contributed by atoms with Gasteiger partial charge in [-0.3, -0.25) is 37.3 Å². The van der Waals surface area contributed by atoms with Crippen molar-refractivity contribution in [1.29, 1.82) is 0 Å². The molecular weight excluding hydrogens is 1200 g/mol. The van der Waals surface area contributed by atoms with Gasteiger partial charge in [0, 0.05) is 25.7 Å². The lowest BCUT2D eigenvalue weighted by atomic mass is 10.0. The Hall–Kier alpha value is -1.94. The van der Waals surface area contributed by atoms with Crippen LogP contribution in [0.25, 0.3) is 0 Å². The first-order chi connectivity index (χ1) is 43.9. The largest absolute Gasteiger partial charge is 0.472 e. The monoisotopic (exact) mass is 1340 g/mol. The lowest BCUT2D eigenvalue weighted by Crippen LogP contribution is -2.30. The quantitative estimate of drug-likeness (QED) is 0.0222. The van der Waals surface area contributed by atoms with E-state index in [1.54, 1.807) is 0 Å². The number of unbranched alkanes of at least 4 members (excludes halogenated alkanes) is 41. The first-order valence-corrected chi connectivity index (χ1v) is 40.5. The predicted molar refractivity (Wildman–Crippen MR) is 368 cm³/mol. The molecule has 0 saturated heterocycles. The van der Waals surface area contributed by atoms with E-state index in [0.29, 0.717) is 25.7 Å². The minimum absolute atomic E-state index is 0.107. The predicted octanol–water partition coefficient (Wildman–Crippen LogP) is 20.8. The fraction of sp³-hybridized carbons (Fsp3) is 0.944. The first-order valence-electron chi connectivity index (χ1n) is 37.5. The van der Waals surface area contributed by atoms with Crippen LogP contribution in [0.3, 0.4) is 0 Å². The zero-order valence-electron chi connectivity index (χ0n) is 59.1. The third-order valence-electron chi connectivity index (χ3n) is 16.7. The number of esters is 4. The molecule has 3 N–H and O–H groups in total. The number of ether oxygens (including phenoxy) is 4. The molecule has 0 aromatic carbocycles. The second kappa shape index (κ2) is 64.1. The van der Waals surface area contributed by atoms with Gasteiger partial charge in [-0.25, -0.2) is 9.13 Å². The average molecular weight is 1340 g/mol. The van der Waals surface area contributed by atoms with E-state index in [-0.39, 0.29) is 25.7 Å². The molecular formula is C72H140O17P2. The Balaban J connectivity index is 5.18. The summed E-state index contributed by atoms with van der Waals surface area (Å²) in [5.41, 5.74) is 0. The highest BCUT2D eigenvalue weighted by molar-refractivity contribution is 7.47. The summed E-state index contributed by atoms with van der Waals surface area (Å²) in [6.07, 6.45) is 50.0. The minimum atomic E-state index is -4.95. The summed E-state index contributed by atoms with van der Waals surface area (Å²) in [5.74, 6) is -0.557. The molecule has 5 atom stereocenters. The fourth-order valence-electron chi connectivity index (χ4n) is 10.9. The smallest absolute Gasteiger partial charge is 0.462 e. The van der Waals surface area contributed by atoms with Gasteiger partial charge in [0.1, 0.15) is 19.3 Å². The van der Waals surface area contributed by atoms with Crippen LogP contribution in [0.1, 0.15) is 369 Å². The zero-order valence-corrected chi connectivity index (χ0v) is 60.9. The van der Waals surface area contributed by atoms with Crippen LogP contribution in [-0.2, 0) is 65.4 Å². The summed E-state index contributed by atoms with van der Waals surface area (Å²) in [5, 5.41) is 10.6. The average Bonchev–Trinajstić information content (AvgIpc) is 3.73. The van der Waals surface area contributed by atoms with Gasteiger partial charge in [0.2, 0.25) is 0 Å². The highest BCUT2D eigenvalue weighted by Gasteiger charge is 2.30. The third-order valence-corrected chi connectivity index (χ3v) is 18.6. The van der Waals surface area contributed by atoms with Crippen molar-refractivity contribution in [2.75, 3.05) is 39.6 Å². The van der Waals surface area contributed by atoms with Gasteiger partial charge in [-0.1, -0.05) is 318 Å². The summed E-state index contributed by atoms with van der Waals surface area (Å²) < 4.78 is 68.3. The van der Waals surface area contributed by atoms with E-state index in [9.17, 15) is 43.2 Å². The van der Waals surface area contributed by atoms with Crippen LogP contribution >= 0.6 is 15.6 Å². The molecule has 0 saturated carbocycles. The second-order valence-corrected chi connectivity index (χ2v) is 29.8. The lowest BCUT2D eigenvalue weighted by molar-refractivity contribution is -0.161. The van der Waals surface area contributed by atoms with Gasteiger partial charge in [-0.05, 0) is 37.5 Å². The minimum Gasteiger partial charge on any atom is -0.462 e. The van der Waals surface area contributed by atoms with Crippen LogP contribution in [0.4, 0.5) is 0 Å². The van der Waals surface area contributed by atoms with Crippen molar-refractivity contribution in [3.05, 3.63) is 0 Å². The maximum atomic E-state index is 13.0. The Morgan fingerprint density at radius 2 is 0.505 bits per heavy atom. The van der Waals surface area contributed by atoms with Crippen molar-refractivity contribution >= 4 is 39.5 Å². The SMILES string of the molecule is CCCCCCCCCCCCCCC(=O)O[C@H](COC(=O)CCCCCCCCC)COP(=O)(O)OC[C@H](O)COP(=O)(O)OC[C@@H](COC(=O)CCCCCCCCCCCCC(C)C)OC(=O)CCCCCCCCCCCCCCCCCCC(C)C. The highest BCUT2D eigenvalue weighted by atomic mass is 31.2. The Labute approximate surface area is 556 Å². The van der Waals surface area contributed by atoms with Crippen LogP contribution in [0.2, 0.25) is 0 Å². The summed E-state index contributed by atoms with van der Waals surface area (Å²) in [7, 11) is -9.90. The van der Waals surface area contributed by atoms with Crippen LogP contribution in [0.5, 0.6) is 0 Å². The number of aliphatic hydroxyl groups excluding tert-OH is 1. The standard InChI is InChI=1S/C72H140O17P2/c1-7-9-11-13-15-16-17-25-32-38-44-50-56-71(76)88-67(60-82-69(74)54-48-42-34-14-12-10-8-2)62-86-90(78,79)84-58-66(73)59-85-91(80,81)87-63-68(61-83-70(75)55-49-43-37-31-28-27-30-36-41-47-53-65(5)6)89-72(77)57-51-45-39-33-26-23-21-19-18-20-22-24-29-35-40-46-52-64(3)4/h64-68,73H,7-63H2,1-6H3,(H,78,79)(H,80,81)/t66-,67+,68+/m0/s1. The molecule has 0 amide bonds. The van der Waals surface area contributed by atoms with Gasteiger partial charge >= 0.3 is 39.5 Å². The van der Waals surface area contributed by atoms with E-state index in [0.717, 1.165) is 115 Å². The van der Waals surface area contributed by atoms with Crippen molar-refractivity contribution in [2.45, 2.75) is 387 Å². The van der Waals surface area contributed by atoms with E-state index < -0.39 is 97.5 Å². The summed E-state index contributed by atoms with van der Waals surface area (Å²) in [6, 6.07) is 0. The Morgan fingerprint density at radius 3 is 0.747 bits per heavy atom. The number of hydrogen-bond donors (Lipinski definition) is 3. The van der Waals surface area contributed by atoms with E-state index in [2.05, 4.69) is 41.5 Å². The van der Waals surface area contributed by atoms with Crippen LogP contribution in [0.15, 0.2) is 0 Å². The van der Waals surface area contributed by atoms with Crippen LogP contribution in [0, 0.1) is 11.8 Å². The first kappa shape index (κ1) is 89.1. The molecule has 0 fully saturated rings. The number of carbonyl (C=O) groups excluding carboxylic acids is 4. The summed E-state index contributed by atoms with van der Waals surface area (Å²) >= 11 is 0. The van der Waals surface area contributed by atoms with E-state index >= 15 is 0 Å². The molecule has 540 valence electrons. The third kappa shape index (κ3) is 66.5. The van der Waals surface area contributed by atoms with Crippen molar-refractivity contribution in [1.82, 2.24) is 0 Å². The molecule has 0 heterocycles. The number of phosphoric ester groups is 2. The highest BCUT2D eigenvalue weighted by Crippen LogP contribution is 2.45. The molecule has 0 aliphatic heterocycles. The van der Waals surface area contributed by atoms with Gasteiger partial charge in [0.25, 0.3) is 0 Å². The number of rotatable bonds is 71. The molecule has 91 heavy (non-hydrogen) atoms. The molecule has 0 radical (unpaired) electrons. The molecule has 0 spiro atoms. The van der Waals surface area contributed by atoms with Crippen LogP contribution in [-0.4, -0.2) is 96.7 Å². The molecule has 2 unspecified atom stereocenters. The lowest BCUT2D eigenvalue weighted by Gasteiger charge is -2.21. The van der Waals surface area contributed by atoms with E-state index in [4.69, 9.17) is 37.0 Å². The van der Waals surface area contributed by atoms with Gasteiger partial charge < -0.3 is 33.8 Å². The molecule has 0 rings (SSSR count). The molecule has 0 bridgehead atoms. The molecule has 0 aromatic rings. The Kier molecular flexibility index (Phi) is 62.7. The molecule has 0 aliphatic rings. The molecule has 17 nitrogen and oxygen atoms in total. The maximum absolute atomic E-state index is 13.0. The summed E-state index contributed by atoms with van der Waals surface area (Å²) in [4.78, 5) is 72.5. The van der Waals surface area contributed by atoms with E-state index in [1.165, 1.54) is 173 Å². The van der Waals surface area contributed by atoms with E-state index in [1.807, 2.05) is 0 Å². The van der Waals surface area contributed by atoms with Crippen molar-refractivity contribution in [2.24, 2.45) is 11.8 Å². The number of phosphoric acid groups is 2. The fourth-order valence-corrected chi connectivity index (χ4v) is 12.5. The van der Waals surface area contributed by atoms with Crippen molar-refractivity contribution in [3.8, 4) is 0 Å². The zero-order chi connectivity index (χ0) is 67.2. The number of aliphatic hydroxyl groups is 1. The molecule has 19 heteroatoms. The normalized spacial score (nSPS) is 14.1. The summed E-state index contributed by atoms with van der Waals surface area (Å²) in [6.45, 7) is 9.55. The number of hydrogen-bond acceptors (Lipinski definition) is 15. The van der Waals surface area contributed by atoms with Gasteiger partial charge in [0.05, 0.1) is 26.4 Å². The Bertz CT molecular complexity index is 1770. The topological polar surface area (TPSA) is 237 Å². The molecule has 0 aromatic heterocycles. The van der Waals surface area contributed by atoms with Gasteiger partial charge in [-0.15, -0.1) is 0 Å². The van der Waals surface area contributed by atoms with Gasteiger partial charge in [0.15, 0.2) is 12.2 Å². The Morgan fingerprint density at radius 1 is 0.297 bits per heavy atom. The second-order valence-electron chi connectivity index (χ2n) is 26.9. The van der Waals surface area contributed by atoms with Crippen molar-refractivity contribution < 1.29 is 80.2 Å². The van der Waals surface area contributed by atoms with Crippen LogP contribution < -0.4 is 0 Å². The van der Waals surface area contributed by atoms with Crippen molar-refractivity contribution in [3.63, 3.8) is 0 Å². The maximum Gasteiger partial charge on any atom is 0.472 e. The molecule has 0 aliphatic carbocycles.